The van der Waals surface area contributed by atoms with E-state index in [4.69, 9.17) is 16.3 Å². The number of aliphatic hydroxyl groups is 1. The molecule has 1 amide bonds. The standard InChI is InChI=1S/C17H24ClNO3/c1-11(2)17(3,21)10-19-16(20)14-8-7-13(9-15(14)18)22-12-5-4-6-12/h7-9,11-12,21H,4-6,10H2,1-3H3,(H,19,20). The number of halogens is 1. The molecule has 1 fully saturated rings. The Morgan fingerprint density at radius 3 is 2.68 bits per heavy atom. The van der Waals surface area contributed by atoms with Gasteiger partial charge in [0.05, 0.1) is 22.3 Å². The molecule has 0 aromatic heterocycles. The van der Waals surface area contributed by atoms with Gasteiger partial charge in [0.2, 0.25) is 0 Å². The molecule has 0 saturated heterocycles. The lowest BCUT2D eigenvalue weighted by Crippen LogP contribution is -2.44. The van der Waals surface area contributed by atoms with Crippen LogP contribution in [-0.4, -0.2) is 29.3 Å². The number of hydrogen-bond donors (Lipinski definition) is 2. The van der Waals surface area contributed by atoms with Gasteiger partial charge >= 0.3 is 0 Å². The molecule has 0 aliphatic heterocycles. The van der Waals surface area contributed by atoms with Crippen molar-refractivity contribution in [2.45, 2.75) is 51.7 Å². The summed E-state index contributed by atoms with van der Waals surface area (Å²) in [5, 5.41) is 13.3. The monoisotopic (exact) mass is 325 g/mol. The Hall–Kier alpha value is -1.26. The molecule has 2 rings (SSSR count). The van der Waals surface area contributed by atoms with Gasteiger partial charge in [0, 0.05) is 6.54 Å². The zero-order chi connectivity index (χ0) is 16.3. The van der Waals surface area contributed by atoms with Gasteiger partial charge in [-0.15, -0.1) is 0 Å². The molecule has 2 N–H and O–H groups in total. The Labute approximate surface area is 136 Å². The molecule has 1 unspecified atom stereocenters. The first-order valence-electron chi connectivity index (χ1n) is 7.76. The summed E-state index contributed by atoms with van der Waals surface area (Å²) in [6.45, 7) is 5.70. The van der Waals surface area contributed by atoms with E-state index in [1.807, 2.05) is 13.8 Å². The van der Waals surface area contributed by atoms with E-state index >= 15 is 0 Å². The highest BCUT2D eigenvalue weighted by molar-refractivity contribution is 6.34. The second-order valence-corrected chi connectivity index (χ2v) is 6.91. The molecule has 1 atom stereocenters. The first-order valence-corrected chi connectivity index (χ1v) is 8.14. The maximum atomic E-state index is 12.2. The molecule has 5 heteroatoms. The predicted octanol–water partition coefficient (Wildman–Crippen LogP) is 3.41. The first-order chi connectivity index (χ1) is 10.3. The van der Waals surface area contributed by atoms with Gasteiger partial charge in [-0.3, -0.25) is 4.79 Å². The Kier molecular flexibility index (Phi) is 5.35. The Bertz CT molecular complexity index is 539. The van der Waals surface area contributed by atoms with Crippen LogP contribution in [0.1, 0.15) is 50.4 Å². The minimum Gasteiger partial charge on any atom is -0.490 e. The Morgan fingerprint density at radius 2 is 2.18 bits per heavy atom. The molecule has 0 spiro atoms. The van der Waals surface area contributed by atoms with Gasteiger partial charge in [0.1, 0.15) is 5.75 Å². The summed E-state index contributed by atoms with van der Waals surface area (Å²) in [7, 11) is 0. The van der Waals surface area contributed by atoms with E-state index in [0.717, 1.165) is 12.8 Å². The van der Waals surface area contributed by atoms with Crippen LogP contribution in [0.25, 0.3) is 0 Å². The summed E-state index contributed by atoms with van der Waals surface area (Å²) >= 11 is 6.18. The fraction of sp³-hybridized carbons (Fsp3) is 0.588. The van der Waals surface area contributed by atoms with Gasteiger partial charge in [0.15, 0.2) is 0 Å². The minimum absolute atomic E-state index is 0.0431. The molecule has 122 valence electrons. The lowest BCUT2D eigenvalue weighted by atomic mass is 9.92. The van der Waals surface area contributed by atoms with Gasteiger partial charge < -0.3 is 15.2 Å². The lowest BCUT2D eigenvalue weighted by molar-refractivity contribution is 0.0142. The average molecular weight is 326 g/mol. The molecule has 1 saturated carbocycles. The third kappa shape index (κ3) is 4.14. The molecular formula is C17H24ClNO3. The summed E-state index contributed by atoms with van der Waals surface area (Å²) in [5.41, 5.74) is -0.558. The zero-order valence-electron chi connectivity index (χ0n) is 13.4. The minimum atomic E-state index is -0.949. The van der Waals surface area contributed by atoms with Crippen molar-refractivity contribution < 1.29 is 14.6 Å². The maximum Gasteiger partial charge on any atom is 0.252 e. The van der Waals surface area contributed by atoms with Crippen molar-refractivity contribution in [3.8, 4) is 5.75 Å². The van der Waals surface area contributed by atoms with Crippen molar-refractivity contribution in [1.29, 1.82) is 0 Å². The van der Waals surface area contributed by atoms with Crippen molar-refractivity contribution >= 4 is 17.5 Å². The summed E-state index contributed by atoms with van der Waals surface area (Å²) in [6, 6.07) is 5.10. The van der Waals surface area contributed by atoms with Gasteiger partial charge in [-0.25, -0.2) is 0 Å². The van der Waals surface area contributed by atoms with Crippen molar-refractivity contribution in [3.05, 3.63) is 28.8 Å². The van der Waals surface area contributed by atoms with Crippen LogP contribution >= 0.6 is 11.6 Å². The van der Waals surface area contributed by atoms with Crippen molar-refractivity contribution in [1.82, 2.24) is 5.32 Å². The largest absolute Gasteiger partial charge is 0.490 e. The maximum absolute atomic E-state index is 12.2. The molecule has 22 heavy (non-hydrogen) atoms. The SMILES string of the molecule is CC(C)C(C)(O)CNC(=O)c1ccc(OC2CCC2)cc1Cl. The molecule has 1 aromatic rings. The second-order valence-electron chi connectivity index (χ2n) is 6.51. The molecule has 0 heterocycles. The smallest absolute Gasteiger partial charge is 0.252 e. The van der Waals surface area contributed by atoms with E-state index in [1.165, 1.54) is 6.42 Å². The molecule has 1 aromatic carbocycles. The quantitative estimate of drug-likeness (QED) is 0.842. The summed E-state index contributed by atoms with van der Waals surface area (Å²) < 4.78 is 5.76. The van der Waals surface area contributed by atoms with E-state index in [1.54, 1.807) is 25.1 Å². The van der Waals surface area contributed by atoms with Crippen molar-refractivity contribution in [2.24, 2.45) is 5.92 Å². The highest BCUT2D eigenvalue weighted by Gasteiger charge is 2.26. The van der Waals surface area contributed by atoms with Gasteiger partial charge in [0.25, 0.3) is 5.91 Å². The summed E-state index contributed by atoms with van der Waals surface area (Å²) in [4.78, 5) is 12.2. The van der Waals surface area contributed by atoms with Crippen LogP contribution in [0.4, 0.5) is 0 Å². The van der Waals surface area contributed by atoms with E-state index in [0.29, 0.717) is 16.3 Å². The number of benzene rings is 1. The molecule has 1 aliphatic rings. The first kappa shape index (κ1) is 17.1. The fourth-order valence-corrected chi connectivity index (χ4v) is 2.25. The van der Waals surface area contributed by atoms with Crippen LogP contribution < -0.4 is 10.1 Å². The molecule has 0 bridgehead atoms. The van der Waals surface area contributed by atoms with Gasteiger partial charge in [-0.05, 0) is 50.3 Å². The number of ether oxygens (including phenoxy) is 1. The van der Waals surface area contributed by atoms with Crippen LogP contribution in [0, 0.1) is 5.92 Å². The average Bonchev–Trinajstić information content (AvgIpc) is 2.40. The highest BCUT2D eigenvalue weighted by atomic mass is 35.5. The summed E-state index contributed by atoms with van der Waals surface area (Å²) in [5.74, 6) is 0.447. The fourth-order valence-electron chi connectivity index (χ4n) is 1.99. The van der Waals surface area contributed by atoms with E-state index in [-0.39, 0.29) is 24.5 Å². The Morgan fingerprint density at radius 1 is 1.50 bits per heavy atom. The highest BCUT2D eigenvalue weighted by Crippen LogP contribution is 2.28. The van der Waals surface area contributed by atoms with Crippen LogP contribution in [0.15, 0.2) is 18.2 Å². The molecule has 0 radical (unpaired) electrons. The third-order valence-corrected chi connectivity index (χ3v) is 4.70. The number of amides is 1. The van der Waals surface area contributed by atoms with Crippen LogP contribution in [0.3, 0.4) is 0 Å². The number of carbonyl (C=O) groups excluding carboxylic acids is 1. The Balaban J connectivity index is 1.97. The van der Waals surface area contributed by atoms with Gasteiger partial charge in [-0.2, -0.15) is 0 Å². The lowest BCUT2D eigenvalue weighted by Gasteiger charge is -2.28. The number of carbonyl (C=O) groups is 1. The van der Waals surface area contributed by atoms with Crippen LogP contribution in [0.2, 0.25) is 5.02 Å². The predicted molar refractivity (Wildman–Crippen MR) is 87.5 cm³/mol. The number of hydrogen-bond acceptors (Lipinski definition) is 3. The van der Waals surface area contributed by atoms with Gasteiger partial charge in [-0.1, -0.05) is 25.4 Å². The number of nitrogens with one attached hydrogen (secondary N) is 1. The van der Waals surface area contributed by atoms with E-state index in [2.05, 4.69) is 5.32 Å². The second kappa shape index (κ2) is 6.88. The van der Waals surface area contributed by atoms with Crippen LogP contribution in [0.5, 0.6) is 5.75 Å². The van der Waals surface area contributed by atoms with Crippen molar-refractivity contribution in [3.63, 3.8) is 0 Å². The normalized spacial score (nSPS) is 17.7. The molecular weight excluding hydrogens is 302 g/mol. The van der Waals surface area contributed by atoms with E-state index < -0.39 is 5.60 Å². The number of rotatable bonds is 6. The zero-order valence-corrected chi connectivity index (χ0v) is 14.1. The molecule has 1 aliphatic carbocycles. The third-order valence-electron chi connectivity index (χ3n) is 4.39. The summed E-state index contributed by atoms with van der Waals surface area (Å²) in [6.07, 6.45) is 3.63. The van der Waals surface area contributed by atoms with Crippen molar-refractivity contribution in [2.75, 3.05) is 6.54 Å². The topological polar surface area (TPSA) is 58.6 Å². The van der Waals surface area contributed by atoms with E-state index in [9.17, 15) is 9.90 Å². The van der Waals surface area contributed by atoms with Crippen LogP contribution in [-0.2, 0) is 0 Å². The molecule has 4 nitrogen and oxygen atoms in total.